The zero-order valence-electron chi connectivity index (χ0n) is 13.2. The van der Waals surface area contributed by atoms with E-state index in [0.717, 1.165) is 32.4 Å². The van der Waals surface area contributed by atoms with Crippen molar-refractivity contribution >= 4 is 5.91 Å². The van der Waals surface area contributed by atoms with Crippen LogP contribution in [0.25, 0.3) is 0 Å². The van der Waals surface area contributed by atoms with Crippen LogP contribution in [-0.4, -0.2) is 67.1 Å². The Bertz CT molecular complexity index is 349. The van der Waals surface area contributed by atoms with E-state index in [0.29, 0.717) is 12.1 Å². The summed E-state index contributed by atoms with van der Waals surface area (Å²) in [7, 11) is 4.42. The molecule has 3 N–H and O–H groups in total. The molecule has 1 saturated heterocycles. The average Bonchev–Trinajstić information content (AvgIpc) is 2.84. The second kappa shape index (κ2) is 6.41. The van der Waals surface area contributed by atoms with Crippen molar-refractivity contribution in [3.05, 3.63) is 0 Å². The monoisotopic (exact) mass is 282 g/mol. The van der Waals surface area contributed by atoms with E-state index in [4.69, 9.17) is 5.73 Å². The van der Waals surface area contributed by atoms with Crippen molar-refractivity contribution in [1.82, 2.24) is 15.1 Å². The second-order valence-electron chi connectivity index (χ2n) is 6.60. The number of nitrogens with one attached hydrogen (secondary N) is 1. The standard InChI is InChI=1S/C15H30N4O/c1-4-17-15(14(16)20)8-7-12(10-15)19(3)13-6-5-9-18(2)11-13/h12-13,17H,4-11H2,1-3H3,(H2,16,20). The SMILES string of the molecule is CCNC1(C(N)=O)CCC(N(C)C2CCCN(C)C2)C1. The van der Waals surface area contributed by atoms with Gasteiger partial charge in [-0.05, 0) is 59.3 Å². The molecule has 2 aliphatic rings. The van der Waals surface area contributed by atoms with Crippen LogP contribution in [0, 0.1) is 0 Å². The first-order valence-electron chi connectivity index (χ1n) is 7.94. The first-order valence-corrected chi connectivity index (χ1v) is 7.94. The van der Waals surface area contributed by atoms with Gasteiger partial charge in [0, 0.05) is 18.6 Å². The Balaban J connectivity index is 1.98. The van der Waals surface area contributed by atoms with Crippen LogP contribution in [0.1, 0.15) is 39.0 Å². The third-order valence-corrected chi connectivity index (χ3v) is 5.23. The topological polar surface area (TPSA) is 61.6 Å². The Kier molecular flexibility index (Phi) is 5.04. The van der Waals surface area contributed by atoms with E-state index in [1.165, 1.54) is 19.4 Å². The number of hydrogen-bond acceptors (Lipinski definition) is 4. The minimum absolute atomic E-state index is 0.184. The van der Waals surface area contributed by atoms with E-state index in [2.05, 4.69) is 29.2 Å². The lowest BCUT2D eigenvalue weighted by atomic mass is 9.95. The van der Waals surface area contributed by atoms with Crippen molar-refractivity contribution in [2.45, 2.75) is 56.7 Å². The molecule has 0 aromatic heterocycles. The van der Waals surface area contributed by atoms with E-state index in [-0.39, 0.29) is 5.91 Å². The van der Waals surface area contributed by atoms with Gasteiger partial charge < -0.3 is 16.0 Å². The number of amides is 1. The molecular weight excluding hydrogens is 252 g/mol. The number of primary amides is 1. The molecule has 3 unspecified atom stereocenters. The number of likely N-dealkylation sites (tertiary alicyclic amines) is 1. The Morgan fingerprint density at radius 3 is 2.80 bits per heavy atom. The van der Waals surface area contributed by atoms with Crippen LogP contribution in [0.15, 0.2) is 0 Å². The zero-order valence-corrected chi connectivity index (χ0v) is 13.2. The third-order valence-electron chi connectivity index (χ3n) is 5.23. The summed E-state index contributed by atoms with van der Waals surface area (Å²) in [5.41, 5.74) is 5.18. The van der Waals surface area contributed by atoms with Gasteiger partial charge in [0.1, 0.15) is 0 Å². The van der Waals surface area contributed by atoms with E-state index >= 15 is 0 Å². The molecule has 20 heavy (non-hydrogen) atoms. The summed E-state index contributed by atoms with van der Waals surface area (Å²) < 4.78 is 0. The molecule has 1 aliphatic heterocycles. The molecule has 116 valence electrons. The molecule has 5 heteroatoms. The number of piperidine rings is 1. The molecule has 1 heterocycles. The Morgan fingerprint density at radius 2 is 2.20 bits per heavy atom. The van der Waals surface area contributed by atoms with Gasteiger partial charge in [-0.1, -0.05) is 6.92 Å². The second-order valence-corrected chi connectivity index (χ2v) is 6.60. The molecule has 0 bridgehead atoms. The first kappa shape index (κ1) is 15.7. The highest BCUT2D eigenvalue weighted by Crippen LogP contribution is 2.34. The maximum absolute atomic E-state index is 11.8. The number of hydrogen-bond donors (Lipinski definition) is 2. The molecule has 5 nitrogen and oxygen atoms in total. The maximum atomic E-state index is 11.8. The van der Waals surface area contributed by atoms with E-state index < -0.39 is 5.54 Å². The smallest absolute Gasteiger partial charge is 0.237 e. The molecule has 0 spiro atoms. The largest absolute Gasteiger partial charge is 0.368 e. The van der Waals surface area contributed by atoms with Crippen molar-refractivity contribution in [2.75, 3.05) is 33.7 Å². The molecule has 2 rings (SSSR count). The molecule has 3 atom stereocenters. The lowest BCUT2D eigenvalue weighted by Gasteiger charge is -2.39. The summed E-state index contributed by atoms with van der Waals surface area (Å²) >= 11 is 0. The van der Waals surface area contributed by atoms with Gasteiger partial charge in [-0.15, -0.1) is 0 Å². The lowest BCUT2D eigenvalue weighted by molar-refractivity contribution is -0.124. The van der Waals surface area contributed by atoms with Crippen LogP contribution in [0.5, 0.6) is 0 Å². The Labute approximate surface area is 122 Å². The van der Waals surface area contributed by atoms with Gasteiger partial charge in [0.05, 0.1) is 5.54 Å². The van der Waals surface area contributed by atoms with E-state index in [9.17, 15) is 4.79 Å². The van der Waals surface area contributed by atoms with Gasteiger partial charge in [-0.2, -0.15) is 0 Å². The fourth-order valence-electron chi connectivity index (χ4n) is 3.95. The van der Waals surface area contributed by atoms with Crippen LogP contribution in [0.4, 0.5) is 0 Å². The summed E-state index contributed by atoms with van der Waals surface area (Å²) in [6.07, 6.45) is 5.32. The van der Waals surface area contributed by atoms with Gasteiger partial charge in [0.2, 0.25) is 5.91 Å². The number of nitrogens with two attached hydrogens (primary N) is 1. The van der Waals surface area contributed by atoms with E-state index in [1.807, 2.05) is 6.92 Å². The van der Waals surface area contributed by atoms with Crippen molar-refractivity contribution in [2.24, 2.45) is 5.73 Å². The van der Waals surface area contributed by atoms with Crippen molar-refractivity contribution in [3.63, 3.8) is 0 Å². The van der Waals surface area contributed by atoms with Gasteiger partial charge in [0.15, 0.2) is 0 Å². The highest BCUT2D eigenvalue weighted by Gasteiger charge is 2.45. The fourth-order valence-corrected chi connectivity index (χ4v) is 3.95. The predicted molar refractivity (Wildman–Crippen MR) is 81.5 cm³/mol. The number of carbonyl (C=O) groups excluding carboxylic acids is 1. The zero-order chi connectivity index (χ0) is 14.8. The molecule has 1 saturated carbocycles. The van der Waals surface area contributed by atoms with Crippen molar-refractivity contribution < 1.29 is 4.79 Å². The summed E-state index contributed by atoms with van der Waals surface area (Å²) in [5.74, 6) is -0.184. The van der Waals surface area contributed by atoms with Crippen LogP contribution < -0.4 is 11.1 Å². The van der Waals surface area contributed by atoms with Crippen LogP contribution in [-0.2, 0) is 4.79 Å². The molecule has 2 fully saturated rings. The Hall–Kier alpha value is -0.650. The summed E-state index contributed by atoms with van der Waals surface area (Å²) in [4.78, 5) is 16.7. The highest BCUT2D eigenvalue weighted by atomic mass is 16.1. The predicted octanol–water partition coefficient (Wildman–Crippen LogP) is 0.399. The summed E-state index contributed by atoms with van der Waals surface area (Å²) in [6.45, 7) is 5.18. The number of nitrogens with zero attached hydrogens (tertiary/aromatic N) is 2. The maximum Gasteiger partial charge on any atom is 0.237 e. The molecule has 0 radical (unpaired) electrons. The number of likely N-dealkylation sites (N-methyl/N-ethyl adjacent to an activating group) is 3. The van der Waals surface area contributed by atoms with Crippen molar-refractivity contribution in [3.8, 4) is 0 Å². The van der Waals surface area contributed by atoms with Crippen LogP contribution in [0.2, 0.25) is 0 Å². The molecule has 0 aromatic carbocycles. The lowest BCUT2D eigenvalue weighted by Crippen LogP contribution is -2.55. The minimum Gasteiger partial charge on any atom is -0.368 e. The summed E-state index contributed by atoms with van der Waals surface area (Å²) in [6, 6.07) is 1.09. The summed E-state index contributed by atoms with van der Waals surface area (Å²) in [5, 5.41) is 3.34. The Morgan fingerprint density at radius 1 is 1.45 bits per heavy atom. The van der Waals surface area contributed by atoms with Crippen LogP contribution in [0.3, 0.4) is 0 Å². The number of carbonyl (C=O) groups is 1. The quantitative estimate of drug-likeness (QED) is 0.766. The minimum atomic E-state index is -0.478. The molecule has 0 aromatic rings. The number of rotatable bonds is 5. The fraction of sp³-hybridized carbons (Fsp3) is 0.933. The van der Waals surface area contributed by atoms with E-state index in [1.54, 1.807) is 0 Å². The first-order chi connectivity index (χ1) is 9.48. The molecule has 1 aliphatic carbocycles. The highest BCUT2D eigenvalue weighted by molar-refractivity contribution is 5.85. The molecule has 1 amide bonds. The van der Waals surface area contributed by atoms with Gasteiger partial charge >= 0.3 is 0 Å². The average molecular weight is 282 g/mol. The molecular formula is C15H30N4O. The van der Waals surface area contributed by atoms with Crippen molar-refractivity contribution in [1.29, 1.82) is 0 Å². The third kappa shape index (κ3) is 3.15. The van der Waals surface area contributed by atoms with Gasteiger partial charge in [0.25, 0.3) is 0 Å². The van der Waals surface area contributed by atoms with Gasteiger partial charge in [-0.3, -0.25) is 9.69 Å². The normalized spacial score (nSPS) is 35.6. The van der Waals surface area contributed by atoms with Crippen LogP contribution >= 0.6 is 0 Å². The van der Waals surface area contributed by atoms with Gasteiger partial charge in [-0.25, -0.2) is 0 Å².